The third-order valence-corrected chi connectivity index (χ3v) is 6.56. The fourth-order valence-corrected chi connectivity index (χ4v) is 4.66. The number of amides is 1. The molecule has 7 nitrogen and oxygen atoms in total. The quantitative estimate of drug-likeness (QED) is 0.662. The SMILES string of the molecule is CCOc1ccc(N(C)C[C@@H]2CCCCN(C(=O)CS(=O)(=O)CCN)C2)cc1. The van der Waals surface area contributed by atoms with E-state index in [0.29, 0.717) is 25.6 Å². The molecule has 2 N–H and O–H groups in total. The number of benzene rings is 1. The van der Waals surface area contributed by atoms with Gasteiger partial charge >= 0.3 is 0 Å². The van der Waals surface area contributed by atoms with Gasteiger partial charge in [0, 0.05) is 38.9 Å². The van der Waals surface area contributed by atoms with Gasteiger partial charge in [0.05, 0.1) is 12.4 Å². The highest BCUT2D eigenvalue weighted by Crippen LogP contribution is 2.23. The van der Waals surface area contributed by atoms with Crippen LogP contribution in [0.15, 0.2) is 24.3 Å². The molecule has 8 heteroatoms. The summed E-state index contributed by atoms with van der Waals surface area (Å²) in [5.41, 5.74) is 6.43. The molecule has 28 heavy (non-hydrogen) atoms. The van der Waals surface area contributed by atoms with E-state index in [4.69, 9.17) is 10.5 Å². The van der Waals surface area contributed by atoms with Crippen molar-refractivity contribution in [1.82, 2.24) is 4.90 Å². The maximum absolute atomic E-state index is 12.5. The molecule has 1 aromatic carbocycles. The molecular formula is C20H33N3O4S. The molecule has 1 heterocycles. The summed E-state index contributed by atoms with van der Waals surface area (Å²) < 4.78 is 29.4. The summed E-state index contributed by atoms with van der Waals surface area (Å²) in [6.45, 7) is 4.68. The Kier molecular flexibility index (Phi) is 8.57. The third kappa shape index (κ3) is 6.98. The molecule has 0 spiro atoms. The topological polar surface area (TPSA) is 92.9 Å². The maximum Gasteiger partial charge on any atom is 0.237 e. The number of anilines is 1. The summed E-state index contributed by atoms with van der Waals surface area (Å²) in [5, 5.41) is 0. The second-order valence-corrected chi connectivity index (χ2v) is 9.57. The predicted octanol–water partition coefficient (Wildman–Crippen LogP) is 1.52. The van der Waals surface area contributed by atoms with E-state index in [0.717, 1.165) is 37.2 Å². The molecular weight excluding hydrogens is 378 g/mol. The highest BCUT2D eigenvalue weighted by molar-refractivity contribution is 7.92. The number of hydrogen-bond donors (Lipinski definition) is 1. The van der Waals surface area contributed by atoms with Crippen molar-refractivity contribution in [2.45, 2.75) is 26.2 Å². The van der Waals surface area contributed by atoms with Crippen molar-refractivity contribution < 1.29 is 17.9 Å². The first-order valence-corrected chi connectivity index (χ1v) is 11.8. The van der Waals surface area contributed by atoms with Crippen LogP contribution in [0.3, 0.4) is 0 Å². The average Bonchev–Trinajstić information content (AvgIpc) is 2.88. The van der Waals surface area contributed by atoms with E-state index in [1.807, 2.05) is 38.2 Å². The lowest BCUT2D eigenvalue weighted by atomic mass is 10.0. The van der Waals surface area contributed by atoms with Gasteiger partial charge in [-0.25, -0.2) is 8.42 Å². The normalized spacial score (nSPS) is 17.8. The first-order chi connectivity index (χ1) is 13.3. The summed E-state index contributed by atoms with van der Waals surface area (Å²) in [6.07, 6.45) is 2.98. The van der Waals surface area contributed by atoms with Crippen LogP contribution in [-0.4, -0.2) is 70.6 Å². The van der Waals surface area contributed by atoms with Crippen molar-refractivity contribution in [1.29, 1.82) is 0 Å². The van der Waals surface area contributed by atoms with Crippen LogP contribution in [0.4, 0.5) is 5.69 Å². The Labute approximate surface area is 168 Å². The molecule has 0 saturated carbocycles. The Hall–Kier alpha value is -1.80. The van der Waals surface area contributed by atoms with Crippen LogP contribution in [0.25, 0.3) is 0 Å². The van der Waals surface area contributed by atoms with Crippen LogP contribution in [-0.2, 0) is 14.6 Å². The summed E-state index contributed by atoms with van der Waals surface area (Å²) in [6, 6.07) is 7.98. The van der Waals surface area contributed by atoms with Crippen LogP contribution < -0.4 is 15.4 Å². The molecule has 1 aliphatic rings. The van der Waals surface area contributed by atoms with Crippen molar-refractivity contribution in [3.8, 4) is 5.75 Å². The molecule has 158 valence electrons. The molecule has 0 aliphatic carbocycles. The second-order valence-electron chi connectivity index (χ2n) is 7.39. The number of sulfone groups is 1. The first-order valence-electron chi connectivity index (χ1n) is 9.97. The largest absolute Gasteiger partial charge is 0.494 e. The van der Waals surface area contributed by atoms with Gasteiger partial charge < -0.3 is 20.3 Å². The van der Waals surface area contributed by atoms with Crippen molar-refractivity contribution in [3.05, 3.63) is 24.3 Å². The lowest BCUT2D eigenvalue weighted by molar-refractivity contribution is -0.128. The summed E-state index contributed by atoms with van der Waals surface area (Å²) in [7, 11) is -1.38. The fraction of sp³-hybridized carbons (Fsp3) is 0.650. The van der Waals surface area contributed by atoms with Gasteiger partial charge in [-0.2, -0.15) is 0 Å². The highest BCUT2D eigenvalue weighted by atomic mass is 32.2. The van der Waals surface area contributed by atoms with Gasteiger partial charge in [-0.15, -0.1) is 0 Å². The molecule has 0 unspecified atom stereocenters. The zero-order valence-electron chi connectivity index (χ0n) is 17.0. The monoisotopic (exact) mass is 411 g/mol. The Morgan fingerprint density at radius 3 is 2.64 bits per heavy atom. The maximum atomic E-state index is 12.5. The zero-order valence-corrected chi connectivity index (χ0v) is 17.8. The minimum absolute atomic E-state index is 0.0467. The molecule has 0 bridgehead atoms. The molecule has 0 radical (unpaired) electrons. The van der Waals surface area contributed by atoms with Gasteiger partial charge in [-0.1, -0.05) is 6.42 Å². The van der Waals surface area contributed by atoms with Crippen LogP contribution in [0.1, 0.15) is 26.2 Å². The minimum atomic E-state index is -3.42. The molecule has 1 fully saturated rings. The average molecular weight is 412 g/mol. The van der Waals surface area contributed by atoms with Gasteiger partial charge in [0.15, 0.2) is 9.84 Å². The zero-order chi connectivity index (χ0) is 20.6. The van der Waals surface area contributed by atoms with Crippen molar-refractivity contribution in [3.63, 3.8) is 0 Å². The standard InChI is InChI=1S/C20H33N3O4S/c1-3-27-19-9-7-18(8-10-19)22(2)14-17-6-4-5-12-23(15-17)20(24)16-28(25,26)13-11-21/h7-10,17H,3-6,11-16,21H2,1-2H3/t17-/m0/s1. The van der Waals surface area contributed by atoms with Crippen LogP contribution >= 0.6 is 0 Å². The van der Waals surface area contributed by atoms with E-state index in [2.05, 4.69) is 4.90 Å². The molecule has 1 aliphatic heterocycles. The number of nitrogens with zero attached hydrogens (tertiary/aromatic N) is 2. The first kappa shape index (κ1) is 22.5. The highest BCUT2D eigenvalue weighted by Gasteiger charge is 2.26. The number of ether oxygens (including phenoxy) is 1. The minimum Gasteiger partial charge on any atom is -0.494 e. The van der Waals surface area contributed by atoms with Crippen LogP contribution in [0, 0.1) is 5.92 Å². The van der Waals surface area contributed by atoms with E-state index in [-0.39, 0.29) is 18.2 Å². The fourth-order valence-electron chi connectivity index (χ4n) is 3.59. The van der Waals surface area contributed by atoms with E-state index in [9.17, 15) is 13.2 Å². The van der Waals surface area contributed by atoms with Gasteiger partial charge in [-0.05, 0) is 49.9 Å². The molecule has 0 aromatic heterocycles. The summed E-state index contributed by atoms with van der Waals surface area (Å²) in [4.78, 5) is 16.4. The molecule has 1 amide bonds. The van der Waals surface area contributed by atoms with Gasteiger partial charge in [0.1, 0.15) is 11.5 Å². The van der Waals surface area contributed by atoms with Crippen molar-refractivity contribution in [2.24, 2.45) is 11.7 Å². The van der Waals surface area contributed by atoms with E-state index in [1.54, 1.807) is 4.90 Å². The summed E-state index contributed by atoms with van der Waals surface area (Å²) in [5.74, 6) is 0.274. The lowest BCUT2D eigenvalue weighted by Gasteiger charge is -2.29. The Balaban J connectivity index is 1.96. The number of carbonyl (C=O) groups excluding carboxylic acids is 1. The number of carbonyl (C=O) groups is 1. The predicted molar refractivity (Wildman–Crippen MR) is 113 cm³/mol. The number of rotatable bonds is 9. The lowest BCUT2D eigenvalue weighted by Crippen LogP contribution is -2.41. The third-order valence-electron chi connectivity index (χ3n) is 5.01. The smallest absolute Gasteiger partial charge is 0.237 e. The van der Waals surface area contributed by atoms with Gasteiger partial charge in [0.2, 0.25) is 5.91 Å². The second kappa shape index (κ2) is 10.7. The van der Waals surface area contributed by atoms with E-state index in [1.165, 1.54) is 0 Å². The van der Waals surface area contributed by atoms with Gasteiger partial charge in [-0.3, -0.25) is 4.79 Å². The Bertz CT molecular complexity index is 721. The number of hydrogen-bond acceptors (Lipinski definition) is 6. The van der Waals surface area contributed by atoms with E-state index < -0.39 is 15.6 Å². The Morgan fingerprint density at radius 2 is 2.00 bits per heavy atom. The Morgan fingerprint density at radius 1 is 1.29 bits per heavy atom. The van der Waals surface area contributed by atoms with E-state index >= 15 is 0 Å². The number of nitrogens with two attached hydrogens (primary N) is 1. The molecule has 1 atom stereocenters. The summed E-state index contributed by atoms with van der Waals surface area (Å²) >= 11 is 0. The van der Waals surface area contributed by atoms with Crippen molar-refractivity contribution in [2.75, 3.05) is 56.2 Å². The number of likely N-dealkylation sites (tertiary alicyclic amines) is 1. The van der Waals surface area contributed by atoms with Crippen LogP contribution in [0.2, 0.25) is 0 Å². The van der Waals surface area contributed by atoms with Crippen LogP contribution in [0.5, 0.6) is 5.75 Å². The molecule has 1 saturated heterocycles. The molecule has 1 aromatic rings. The van der Waals surface area contributed by atoms with Crippen molar-refractivity contribution >= 4 is 21.4 Å². The molecule has 2 rings (SSSR count). The van der Waals surface area contributed by atoms with Gasteiger partial charge in [0.25, 0.3) is 0 Å².